The van der Waals surface area contributed by atoms with Crippen molar-refractivity contribution in [3.8, 4) is 12.1 Å². The van der Waals surface area contributed by atoms with Crippen molar-refractivity contribution in [2.24, 2.45) is 22.7 Å². The highest BCUT2D eigenvalue weighted by Crippen LogP contribution is 2.54. The van der Waals surface area contributed by atoms with Gasteiger partial charge in [-0.2, -0.15) is 35.5 Å². The monoisotopic (exact) mass is 991 g/mol. The molecule has 5 nitrogen and oxygen atoms in total. The van der Waals surface area contributed by atoms with Crippen LogP contribution < -0.4 is 0 Å². The highest BCUT2D eigenvalue weighted by molar-refractivity contribution is 8.01. The van der Waals surface area contributed by atoms with E-state index in [1.807, 2.05) is 25.6 Å². The fourth-order valence-corrected chi connectivity index (χ4v) is 4.14. The number of nitrogens with zero attached hydrogens (tertiary/aromatic N) is 2. The molecule has 0 unspecified atom stereocenters. The van der Waals surface area contributed by atoms with E-state index in [4.69, 9.17) is 20.4 Å². The summed E-state index contributed by atoms with van der Waals surface area (Å²) in [6.45, 7) is 29.1. The van der Waals surface area contributed by atoms with E-state index in [1.165, 1.54) is 65.2 Å². The minimum absolute atomic E-state index is 0.0972. The third-order valence-electron chi connectivity index (χ3n) is 10.1. The maximum Gasteiger partial charge on any atom is 0.523 e. The van der Waals surface area contributed by atoms with E-state index in [1.54, 1.807) is 27.0 Å². The van der Waals surface area contributed by atoms with Gasteiger partial charge in [-0.05, 0) is 166 Å². The van der Waals surface area contributed by atoms with Gasteiger partial charge in [0.1, 0.15) is 5.67 Å². The molecule has 0 amide bonds. The predicted molar refractivity (Wildman–Crippen MR) is 256 cm³/mol. The lowest BCUT2D eigenvalue weighted by atomic mass is 10.2. The number of aliphatic hydroxyl groups is 1. The molecular weight excluding hydrogens is 900 g/mol. The van der Waals surface area contributed by atoms with Crippen LogP contribution in [0.2, 0.25) is 0 Å². The van der Waals surface area contributed by atoms with Crippen LogP contribution in [0.1, 0.15) is 213 Å². The molecule has 0 radical (unpaired) electrons. The van der Waals surface area contributed by atoms with Crippen molar-refractivity contribution < 1.29 is 54.1 Å². The fraction of sp³-hybridized carbons (Fsp3) is 0.959. The van der Waals surface area contributed by atoms with Crippen LogP contribution in [0.3, 0.4) is 0 Å². The molecule has 0 atom stereocenters. The Balaban J connectivity index is -0.000000317. The number of hydrogen-bond acceptors (Lipinski definition) is 7. The second-order valence-corrected chi connectivity index (χ2v) is 24.0. The van der Waals surface area contributed by atoms with Crippen molar-refractivity contribution in [1.82, 2.24) is 0 Å². The van der Waals surface area contributed by atoms with Gasteiger partial charge in [-0.25, -0.2) is 13.2 Å². The van der Waals surface area contributed by atoms with Gasteiger partial charge >= 0.3 is 11.9 Å². The average Bonchev–Trinajstić information content (AvgIpc) is 3.95. The Bertz CT molecular complexity index is 1180. The number of thioether (sulfide) groups is 2. The van der Waals surface area contributed by atoms with E-state index in [-0.39, 0.29) is 17.2 Å². The summed E-state index contributed by atoms with van der Waals surface area (Å²) in [4.78, 5) is 0. The molecule has 65 heavy (non-hydrogen) atoms. The van der Waals surface area contributed by atoms with Crippen molar-refractivity contribution in [2.45, 2.75) is 258 Å². The maximum absolute atomic E-state index is 11.8. The molecular formula is C49H91F9N2O3S2. The lowest BCUT2D eigenvalue weighted by Crippen LogP contribution is -2.22. The normalized spacial score (nSPS) is 21.9. The molecule has 8 rings (SSSR count). The zero-order valence-electron chi connectivity index (χ0n) is 43.3. The molecule has 1 N–H and O–H groups in total. The number of alkyl halides is 9. The number of methoxy groups -OCH3 is 1. The zero-order valence-corrected chi connectivity index (χ0v) is 45.0. The van der Waals surface area contributed by atoms with Crippen LogP contribution in [0.15, 0.2) is 0 Å². The molecule has 8 aliphatic carbocycles. The van der Waals surface area contributed by atoms with Crippen LogP contribution in [0.4, 0.5) is 39.5 Å². The smallest absolute Gasteiger partial charge is 0.396 e. The lowest BCUT2D eigenvalue weighted by molar-refractivity contribution is -0.346. The van der Waals surface area contributed by atoms with E-state index >= 15 is 0 Å². The second kappa shape index (κ2) is 32.7. The van der Waals surface area contributed by atoms with Gasteiger partial charge in [-0.15, -0.1) is 13.2 Å². The summed E-state index contributed by atoms with van der Waals surface area (Å²) in [5, 5.41) is 23.4. The first kappa shape index (κ1) is 70.5. The summed E-state index contributed by atoms with van der Waals surface area (Å²) in [6.07, 6.45) is 14.0. The van der Waals surface area contributed by atoms with Crippen LogP contribution in [-0.4, -0.2) is 69.7 Å². The standard InChI is InChI=1S/C5H7F3O.C5H7F3S.C5H7N.C5H10O.C5H10S.C5H10.C4H7F.C4H8.C4H10.C3H8O.C2H4F2.C2H3N/c2*1-4(2-3-4)9-5(6,7)8;1-5(4-6)2-3-5;2*1-5(6-2)3-4-5;1-5(2)3-4-5;1-4(5)2-3-4;1-4-2-3-4;1-4(2)3;1-2-3-4;1-2(3)4;1-2-3/h2*2-3H2,1H3;2-3H2,1H3;2*3-4H2,1-2H3;3-4H2,1-2H3;2-3H2,1H3;4H,2-3H2,1H3;4H,1-3H3;4H,2-3H2,1H3;2H,1H3;1H3. The van der Waals surface area contributed by atoms with Crippen molar-refractivity contribution in [3.63, 3.8) is 0 Å². The number of aliphatic hydroxyl groups excluding tert-OH is 1. The average molecular weight is 991 g/mol. The van der Waals surface area contributed by atoms with Crippen LogP contribution in [-0.2, 0) is 9.47 Å². The summed E-state index contributed by atoms with van der Waals surface area (Å²) in [7, 11) is 1.77. The number of ether oxygens (including phenoxy) is 2. The van der Waals surface area contributed by atoms with E-state index < -0.39 is 34.3 Å². The topological polar surface area (TPSA) is 86.3 Å². The Morgan fingerprint density at radius 3 is 1.02 bits per heavy atom. The Morgan fingerprint density at radius 2 is 0.985 bits per heavy atom. The Kier molecular flexibility index (Phi) is 35.4. The summed E-state index contributed by atoms with van der Waals surface area (Å²) in [5.41, 5.74) is -4.54. The van der Waals surface area contributed by atoms with E-state index in [9.17, 15) is 39.5 Å². The van der Waals surface area contributed by atoms with E-state index in [2.05, 4.69) is 72.5 Å². The van der Waals surface area contributed by atoms with Crippen LogP contribution in [0, 0.1) is 45.3 Å². The molecule has 0 aromatic carbocycles. The van der Waals surface area contributed by atoms with E-state index in [0.717, 1.165) is 56.3 Å². The molecule has 16 heteroatoms. The number of nitriles is 2. The van der Waals surface area contributed by atoms with Gasteiger partial charge in [-0.1, -0.05) is 75.2 Å². The Hall–Kier alpha value is -1.07. The number of rotatable bonds is 5. The Morgan fingerprint density at radius 1 is 0.692 bits per heavy atom. The highest BCUT2D eigenvalue weighted by atomic mass is 32.2. The molecule has 8 fully saturated rings. The van der Waals surface area contributed by atoms with E-state index in [0.29, 0.717) is 42.6 Å². The van der Waals surface area contributed by atoms with Gasteiger partial charge in [0, 0.05) is 30.1 Å². The van der Waals surface area contributed by atoms with Gasteiger partial charge in [0.15, 0.2) is 0 Å². The van der Waals surface area contributed by atoms with Crippen molar-refractivity contribution in [2.75, 3.05) is 20.0 Å². The van der Waals surface area contributed by atoms with Crippen molar-refractivity contribution in [1.29, 1.82) is 10.5 Å². The molecule has 8 aliphatic rings. The summed E-state index contributed by atoms with van der Waals surface area (Å²) in [6, 6.07) is 3.97. The van der Waals surface area contributed by atoms with Gasteiger partial charge in [0.05, 0.1) is 28.8 Å². The molecule has 390 valence electrons. The summed E-state index contributed by atoms with van der Waals surface area (Å²) < 4.78 is 110. The van der Waals surface area contributed by atoms with Gasteiger partial charge in [0.25, 0.3) is 0 Å². The molecule has 0 aliphatic heterocycles. The minimum atomic E-state index is -4.45. The molecule has 0 bridgehead atoms. The summed E-state index contributed by atoms with van der Waals surface area (Å²) >= 11 is 2.12. The lowest BCUT2D eigenvalue weighted by Gasteiger charge is -2.12. The molecule has 0 saturated heterocycles. The van der Waals surface area contributed by atoms with Crippen LogP contribution >= 0.6 is 23.5 Å². The highest BCUT2D eigenvalue weighted by Gasteiger charge is 2.49. The van der Waals surface area contributed by atoms with Crippen molar-refractivity contribution >= 4 is 23.5 Å². The minimum Gasteiger partial charge on any atom is -0.396 e. The summed E-state index contributed by atoms with van der Waals surface area (Å²) in [5.74, 6) is 1.92. The quantitative estimate of drug-likeness (QED) is 0.275. The van der Waals surface area contributed by atoms with Gasteiger partial charge in [-0.3, -0.25) is 4.74 Å². The second-order valence-electron chi connectivity index (χ2n) is 20.9. The molecule has 0 spiro atoms. The van der Waals surface area contributed by atoms with Crippen LogP contribution in [0.25, 0.3) is 0 Å². The molecule has 0 aromatic rings. The maximum atomic E-state index is 11.8. The van der Waals surface area contributed by atoms with Gasteiger partial charge in [0.2, 0.25) is 6.43 Å². The third kappa shape index (κ3) is 67.3. The fourth-order valence-electron chi connectivity index (χ4n) is 2.76. The number of hydrogen-bond donors (Lipinski definition) is 1. The largest absolute Gasteiger partial charge is 0.523 e. The predicted octanol–water partition coefficient (Wildman–Crippen LogP) is 17.8. The Labute approximate surface area is 399 Å². The first-order valence-corrected chi connectivity index (χ1v) is 25.2. The SMILES string of the molecule is CC#N.CC(C)C.CC(F)F.CC1(C#N)CC1.CC1(C)CC1.CC1(F)CC1.CC1(OC(F)(F)F)CC1.CC1(SC(F)(F)F)CC1.CC1CC1.CCCO.COC1(C)CC1.CSC1(C)CC1. The first-order chi connectivity index (χ1) is 29.2. The van der Waals surface area contributed by atoms with Gasteiger partial charge < -0.3 is 9.84 Å². The molecule has 0 heterocycles. The number of halogens is 9. The molecule has 8 saturated carbocycles. The molecule has 0 aromatic heterocycles. The third-order valence-corrected chi connectivity index (χ3v) is 12.6. The first-order valence-electron chi connectivity index (χ1n) is 23.2. The van der Waals surface area contributed by atoms with Crippen LogP contribution in [0.5, 0.6) is 0 Å². The zero-order chi connectivity index (χ0) is 52.2. The van der Waals surface area contributed by atoms with Crippen molar-refractivity contribution in [3.05, 3.63) is 0 Å².